The molecule has 2 bridgehead atoms. The SMILES string of the molecule is COc1ccc(N(C)C)cc1CN[C@@H]1CN2CC[C@]1(C(c1ccccc1)c1ccccc1)[C@@H](C(=O)O)C2. The minimum Gasteiger partial charge on any atom is -0.496 e. The van der Waals surface area contributed by atoms with E-state index in [0.29, 0.717) is 13.1 Å². The fraction of sp³-hybridized carbons (Fsp3) is 0.387. The summed E-state index contributed by atoms with van der Waals surface area (Å²) in [4.78, 5) is 17.3. The molecule has 0 aromatic heterocycles. The summed E-state index contributed by atoms with van der Waals surface area (Å²) in [5, 5.41) is 14.4. The zero-order valence-corrected chi connectivity index (χ0v) is 21.9. The molecule has 4 atom stereocenters. The monoisotopic (exact) mass is 499 g/mol. The van der Waals surface area contributed by atoms with Gasteiger partial charge in [0.15, 0.2) is 0 Å². The van der Waals surface area contributed by atoms with Crippen LogP contribution in [0.4, 0.5) is 5.69 Å². The van der Waals surface area contributed by atoms with Gasteiger partial charge in [0.1, 0.15) is 5.75 Å². The lowest BCUT2D eigenvalue weighted by Crippen LogP contribution is -2.69. The van der Waals surface area contributed by atoms with Gasteiger partial charge in [0.25, 0.3) is 0 Å². The number of piperidine rings is 3. The van der Waals surface area contributed by atoms with Gasteiger partial charge in [0.2, 0.25) is 0 Å². The van der Waals surface area contributed by atoms with Crippen molar-refractivity contribution in [1.29, 1.82) is 0 Å². The lowest BCUT2D eigenvalue weighted by Gasteiger charge is -2.60. The molecule has 0 radical (unpaired) electrons. The third-order valence-electron chi connectivity index (χ3n) is 8.46. The van der Waals surface area contributed by atoms with Crippen LogP contribution >= 0.6 is 0 Å². The molecule has 3 aliphatic rings. The van der Waals surface area contributed by atoms with Gasteiger partial charge in [-0.2, -0.15) is 0 Å². The zero-order chi connectivity index (χ0) is 26.0. The molecule has 6 rings (SSSR count). The lowest BCUT2D eigenvalue weighted by atomic mass is 9.53. The lowest BCUT2D eigenvalue weighted by molar-refractivity contribution is -0.161. The Balaban J connectivity index is 1.59. The van der Waals surface area contributed by atoms with E-state index < -0.39 is 17.3 Å². The second kappa shape index (κ2) is 10.6. The van der Waals surface area contributed by atoms with E-state index in [-0.39, 0.29) is 12.0 Å². The van der Waals surface area contributed by atoms with Crippen LogP contribution in [-0.2, 0) is 11.3 Å². The first-order valence-electron chi connectivity index (χ1n) is 13.1. The topological polar surface area (TPSA) is 65.0 Å². The van der Waals surface area contributed by atoms with Crippen molar-refractivity contribution in [2.75, 3.05) is 45.7 Å². The Morgan fingerprint density at radius 2 is 1.70 bits per heavy atom. The van der Waals surface area contributed by atoms with E-state index in [4.69, 9.17) is 4.74 Å². The molecule has 6 nitrogen and oxygen atoms in total. The first-order valence-corrected chi connectivity index (χ1v) is 13.1. The molecule has 0 aliphatic carbocycles. The van der Waals surface area contributed by atoms with Crippen molar-refractivity contribution in [2.24, 2.45) is 11.3 Å². The molecule has 3 fully saturated rings. The molecule has 6 heteroatoms. The summed E-state index contributed by atoms with van der Waals surface area (Å²) in [5.41, 5.74) is 4.05. The van der Waals surface area contributed by atoms with Gasteiger partial charge in [0.05, 0.1) is 13.0 Å². The van der Waals surface area contributed by atoms with Crippen LogP contribution in [0.2, 0.25) is 0 Å². The van der Waals surface area contributed by atoms with Crippen LogP contribution < -0.4 is 15.0 Å². The van der Waals surface area contributed by atoms with Gasteiger partial charge in [-0.1, -0.05) is 60.7 Å². The average molecular weight is 500 g/mol. The number of anilines is 1. The summed E-state index contributed by atoms with van der Waals surface area (Å²) in [6.07, 6.45) is 0.824. The largest absolute Gasteiger partial charge is 0.496 e. The number of carboxylic acids is 1. The number of rotatable bonds is 9. The number of carbonyl (C=O) groups is 1. The van der Waals surface area contributed by atoms with Crippen LogP contribution in [0.5, 0.6) is 5.75 Å². The van der Waals surface area contributed by atoms with E-state index in [2.05, 4.69) is 75.8 Å². The Bertz CT molecular complexity index is 1180. The van der Waals surface area contributed by atoms with E-state index in [1.165, 1.54) is 11.1 Å². The number of fused-ring (bicyclic) bond motifs is 3. The molecule has 0 saturated carbocycles. The standard InChI is InChI=1S/C31H37N3O3/c1-33(2)25-14-15-27(37-3)24(18-25)19-32-28-21-34-17-16-31(28,26(20-34)30(35)36)29(22-10-6-4-7-11-22)23-12-8-5-9-13-23/h4-15,18,26,28-29,32H,16-17,19-21H2,1-3H3,(H,35,36)/t26-,28-,31+/m1/s1. The van der Waals surface area contributed by atoms with Crippen molar-refractivity contribution in [3.05, 3.63) is 95.6 Å². The van der Waals surface area contributed by atoms with Gasteiger partial charge in [-0.15, -0.1) is 0 Å². The maximum Gasteiger partial charge on any atom is 0.308 e. The fourth-order valence-corrected chi connectivity index (χ4v) is 6.68. The molecule has 3 saturated heterocycles. The van der Waals surface area contributed by atoms with Gasteiger partial charge in [-0.05, 0) is 42.3 Å². The number of aliphatic carboxylic acids is 1. The molecule has 37 heavy (non-hydrogen) atoms. The summed E-state index contributed by atoms with van der Waals surface area (Å²) in [5.74, 6) is -0.384. The molecule has 3 aromatic rings. The minimum atomic E-state index is -0.708. The number of nitrogens with zero attached hydrogens (tertiary/aromatic N) is 2. The molecule has 194 valence electrons. The summed E-state index contributed by atoms with van der Waals surface area (Å²) in [7, 11) is 5.76. The molecule has 0 spiro atoms. The summed E-state index contributed by atoms with van der Waals surface area (Å²) in [6.45, 7) is 2.93. The minimum absolute atomic E-state index is 0.00534. The smallest absolute Gasteiger partial charge is 0.308 e. The maximum absolute atomic E-state index is 12.9. The third-order valence-corrected chi connectivity index (χ3v) is 8.46. The molecule has 1 unspecified atom stereocenters. The predicted octanol–water partition coefficient (Wildman–Crippen LogP) is 4.46. The van der Waals surface area contributed by atoms with E-state index in [1.54, 1.807) is 7.11 Å². The first-order chi connectivity index (χ1) is 17.9. The molecular weight excluding hydrogens is 462 g/mol. The number of hydrogen-bond donors (Lipinski definition) is 2. The van der Waals surface area contributed by atoms with Crippen molar-refractivity contribution >= 4 is 11.7 Å². The predicted molar refractivity (Wildman–Crippen MR) is 147 cm³/mol. The van der Waals surface area contributed by atoms with E-state index in [1.807, 2.05) is 32.3 Å². The summed E-state index contributed by atoms with van der Waals surface area (Å²) >= 11 is 0. The van der Waals surface area contributed by atoms with Crippen molar-refractivity contribution in [1.82, 2.24) is 10.2 Å². The second-order valence-electron chi connectivity index (χ2n) is 10.6. The van der Waals surface area contributed by atoms with Gasteiger partial charge < -0.3 is 25.0 Å². The molecule has 3 aliphatic heterocycles. The summed E-state index contributed by atoms with van der Waals surface area (Å²) < 4.78 is 5.69. The maximum atomic E-state index is 12.9. The normalized spacial score (nSPS) is 24.7. The molecular formula is C31H37N3O3. The van der Waals surface area contributed by atoms with Crippen LogP contribution in [-0.4, -0.2) is 62.9 Å². The van der Waals surface area contributed by atoms with Crippen LogP contribution in [0.1, 0.15) is 29.0 Å². The number of carboxylic acid groups (broad SMARTS) is 1. The second-order valence-corrected chi connectivity index (χ2v) is 10.6. The van der Waals surface area contributed by atoms with Crippen molar-refractivity contribution < 1.29 is 14.6 Å². The fourth-order valence-electron chi connectivity index (χ4n) is 6.68. The Labute approximate surface area is 219 Å². The number of ether oxygens (including phenoxy) is 1. The Morgan fingerprint density at radius 3 is 2.27 bits per heavy atom. The highest BCUT2D eigenvalue weighted by atomic mass is 16.5. The highest BCUT2D eigenvalue weighted by Gasteiger charge is 2.60. The van der Waals surface area contributed by atoms with Gasteiger partial charge in [-0.25, -0.2) is 0 Å². The Morgan fingerprint density at radius 1 is 1.05 bits per heavy atom. The number of nitrogens with one attached hydrogen (secondary N) is 1. The van der Waals surface area contributed by atoms with Crippen molar-refractivity contribution in [3.8, 4) is 5.75 Å². The Kier molecular flexibility index (Phi) is 7.22. The zero-order valence-electron chi connectivity index (χ0n) is 21.9. The Hall–Kier alpha value is -3.35. The number of methoxy groups -OCH3 is 1. The summed E-state index contributed by atoms with van der Waals surface area (Å²) in [6, 6.07) is 27.2. The van der Waals surface area contributed by atoms with Gasteiger partial charge in [-0.3, -0.25) is 4.79 Å². The van der Waals surface area contributed by atoms with E-state index >= 15 is 0 Å². The molecule has 3 aromatic carbocycles. The molecule has 3 heterocycles. The van der Waals surface area contributed by atoms with Crippen molar-refractivity contribution in [2.45, 2.75) is 24.9 Å². The van der Waals surface area contributed by atoms with Gasteiger partial charge in [0, 0.05) is 62.4 Å². The quantitative estimate of drug-likeness (QED) is 0.453. The van der Waals surface area contributed by atoms with Crippen LogP contribution in [0.25, 0.3) is 0 Å². The average Bonchev–Trinajstić information content (AvgIpc) is 2.93. The van der Waals surface area contributed by atoms with Gasteiger partial charge >= 0.3 is 5.97 Å². The van der Waals surface area contributed by atoms with Crippen LogP contribution in [0, 0.1) is 11.3 Å². The first kappa shape index (κ1) is 25.3. The van der Waals surface area contributed by atoms with E-state index in [9.17, 15) is 9.90 Å². The molecule has 2 N–H and O–H groups in total. The highest BCUT2D eigenvalue weighted by molar-refractivity contribution is 5.73. The molecule has 0 amide bonds. The van der Waals surface area contributed by atoms with Crippen LogP contribution in [0.3, 0.4) is 0 Å². The van der Waals surface area contributed by atoms with Crippen LogP contribution in [0.15, 0.2) is 78.9 Å². The number of benzene rings is 3. The van der Waals surface area contributed by atoms with Crippen molar-refractivity contribution in [3.63, 3.8) is 0 Å². The third kappa shape index (κ3) is 4.72. The number of hydrogen-bond acceptors (Lipinski definition) is 5. The van der Waals surface area contributed by atoms with E-state index in [0.717, 1.165) is 36.5 Å². The highest BCUT2D eigenvalue weighted by Crippen LogP contribution is 2.56.